The van der Waals surface area contributed by atoms with Crippen molar-refractivity contribution in [2.24, 2.45) is 0 Å². The van der Waals surface area contributed by atoms with E-state index in [1.807, 2.05) is 0 Å². The molecule has 0 atom stereocenters. The third-order valence-electron chi connectivity index (χ3n) is 2.60. The Balaban J connectivity index is 2.13. The minimum atomic E-state index is -4.82. The summed E-state index contributed by atoms with van der Waals surface area (Å²) in [6.45, 7) is -0.107. The Kier molecular flexibility index (Phi) is 4.30. The molecule has 0 saturated heterocycles. The fraction of sp³-hybridized carbons (Fsp3) is 0.143. The van der Waals surface area contributed by atoms with Crippen molar-refractivity contribution in [2.75, 3.05) is 5.32 Å². The second-order valence-corrected chi connectivity index (χ2v) is 4.13. The Morgan fingerprint density at radius 1 is 1.00 bits per heavy atom. The van der Waals surface area contributed by atoms with E-state index in [9.17, 15) is 22.0 Å². The van der Waals surface area contributed by atoms with E-state index in [-0.39, 0.29) is 17.8 Å². The number of anilines is 1. The molecule has 0 spiro atoms. The lowest BCUT2D eigenvalue weighted by Crippen LogP contribution is -2.18. The highest BCUT2D eigenvalue weighted by molar-refractivity contribution is 5.56. The lowest BCUT2D eigenvalue weighted by molar-refractivity contribution is -0.274. The summed E-state index contributed by atoms with van der Waals surface area (Å²) < 4.78 is 66.8. The van der Waals surface area contributed by atoms with Gasteiger partial charge < -0.3 is 10.1 Å². The summed E-state index contributed by atoms with van der Waals surface area (Å²) in [5, 5.41) is 2.62. The van der Waals surface area contributed by atoms with Crippen LogP contribution in [0.1, 0.15) is 5.56 Å². The number of rotatable bonds is 4. The largest absolute Gasteiger partial charge is 0.573 e. The number of halogens is 5. The van der Waals surface area contributed by atoms with Crippen LogP contribution in [0.4, 0.5) is 27.6 Å². The third-order valence-corrected chi connectivity index (χ3v) is 2.60. The van der Waals surface area contributed by atoms with Gasteiger partial charge >= 0.3 is 6.36 Å². The Hall–Kier alpha value is -2.31. The molecule has 0 heterocycles. The summed E-state index contributed by atoms with van der Waals surface area (Å²) in [6.07, 6.45) is -4.82. The highest BCUT2D eigenvalue weighted by Gasteiger charge is 2.32. The van der Waals surface area contributed by atoms with E-state index in [1.165, 1.54) is 24.3 Å². The van der Waals surface area contributed by atoms with Crippen molar-refractivity contribution < 1.29 is 26.7 Å². The quantitative estimate of drug-likeness (QED) is 0.841. The van der Waals surface area contributed by atoms with E-state index in [1.54, 1.807) is 0 Å². The predicted molar refractivity (Wildman–Crippen MR) is 66.8 cm³/mol. The van der Waals surface area contributed by atoms with Crippen LogP contribution in [0, 0.1) is 11.6 Å². The Labute approximate surface area is 117 Å². The van der Waals surface area contributed by atoms with Crippen LogP contribution < -0.4 is 10.1 Å². The van der Waals surface area contributed by atoms with Gasteiger partial charge in [-0.25, -0.2) is 8.78 Å². The molecule has 0 aromatic heterocycles. The SMILES string of the molecule is Fc1ccc(CNc2ccccc2OC(F)(F)F)c(F)c1. The first-order valence-electron chi connectivity index (χ1n) is 5.88. The van der Waals surface area contributed by atoms with E-state index in [0.29, 0.717) is 6.07 Å². The highest BCUT2D eigenvalue weighted by Crippen LogP contribution is 2.30. The highest BCUT2D eigenvalue weighted by atomic mass is 19.4. The molecule has 0 radical (unpaired) electrons. The van der Waals surface area contributed by atoms with Gasteiger partial charge in [-0.15, -0.1) is 13.2 Å². The number of ether oxygens (including phenoxy) is 1. The first-order valence-corrected chi connectivity index (χ1v) is 5.88. The second kappa shape index (κ2) is 5.99. The van der Waals surface area contributed by atoms with Gasteiger partial charge in [0.2, 0.25) is 0 Å². The zero-order valence-corrected chi connectivity index (χ0v) is 10.5. The van der Waals surface area contributed by atoms with Gasteiger partial charge in [-0.2, -0.15) is 0 Å². The topological polar surface area (TPSA) is 21.3 Å². The summed E-state index contributed by atoms with van der Waals surface area (Å²) in [5.74, 6) is -1.93. The van der Waals surface area contributed by atoms with Gasteiger partial charge in [0.1, 0.15) is 11.6 Å². The van der Waals surface area contributed by atoms with E-state index in [4.69, 9.17) is 0 Å². The number of hydrogen-bond acceptors (Lipinski definition) is 2. The molecule has 0 unspecified atom stereocenters. The Morgan fingerprint density at radius 3 is 2.38 bits per heavy atom. The molecule has 2 nitrogen and oxygen atoms in total. The molecule has 21 heavy (non-hydrogen) atoms. The molecule has 7 heteroatoms. The maximum Gasteiger partial charge on any atom is 0.573 e. The maximum atomic E-state index is 13.4. The number of benzene rings is 2. The van der Waals surface area contributed by atoms with Crippen LogP contribution in [-0.2, 0) is 6.54 Å². The predicted octanol–water partition coefficient (Wildman–Crippen LogP) is 4.48. The molecular weight excluding hydrogens is 293 g/mol. The molecule has 0 aliphatic rings. The summed E-state index contributed by atoms with van der Waals surface area (Å²) in [4.78, 5) is 0. The monoisotopic (exact) mass is 303 g/mol. The van der Waals surface area contributed by atoms with Crippen LogP contribution >= 0.6 is 0 Å². The van der Waals surface area contributed by atoms with Crippen molar-refractivity contribution in [3.05, 3.63) is 59.7 Å². The van der Waals surface area contributed by atoms with Crippen LogP contribution in [0.3, 0.4) is 0 Å². The first kappa shape index (κ1) is 15.1. The number of alkyl halides is 3. The summed E-state index contributed by atoms with van der Waals surface area (Å²) in [6, 6.07) is 8.37. The van der Waals surface area contributed by atoms with E-state index in [0.717, 1.165) is 12.1 Å². The van der Waals surface area contributed by atoms with Crippen molar-refractivity contribution in [3.8, 4) is 5.75 Å². The average Bonchev–Trinajstić information content (AvgIpc) is 2.37. The normalized spacial score (nSPS) is 11.3. The summed E-state index contributed by atoms with van der Waals surface area (Å²) in [7, 11) is 0. The average molecular weight is 303 g/mol. The summed E-state index contributed by atoms with van der Waals surface area (Å²) in [5.41, 5.74) is 0.178. The van der Waals surface area contributed by atoms with Gasteiger partial charge in [-0.1, -0.05) is 18.2 Å². The molecule has 1 N–H and O–H groups in total. The minimum absolute atomic E-state index is 0.0542. The smallest absolute Gasteiger partial charge is 0.404 e. The zero-order valence-electron chi connectivity index (χ0n) is 10.5. The third kappa shape index (κ3) is 4.34. The molecule has 2 aromatic carbocycles. The van der Waals surface area contributed by atoms with Crippen molar-refractivity contribution >= 4 is 5.69 Å². The molecule has 2 rings (SSSR count). The van der Waals surface area contributed by atoms with Crippen LogP contribution in [0.2, 0.25) is 0 Å². The van der Waals surface area contributed by atoms with Crippen LogP contribution in [0.25, 0.3) is 0 Å². The van der Waals surface area contributed by atoms with Gasteiger partial charge in [-0.05, 0) is 18.2 Å². The van der Waals surface area contributed by atoms with Crippen LogP contribution in [0.15, 0.2) is 42.5 Å². The molecule has 2 aromatic rings. The van der Waals surface area contributed by atoms with Gasteiger partial charge in [0.15, 0.2) is 5.75 Å². The van der Waals surface area contributed by atoms with E-state index in [2.05, 4.69) is 10.1 Å². The molecule has 0 aliphatic carbocycles. The van der Waals surface area contributed by atoms with Crippen LogP contribution in [-0.4, -0.2) is 6.36 Å². The number of para-hydroxylation sites is 2. The second-order valence-electron chi connectivity index (χ2n) is 4.13. The number of hydrogen-bond donors (Lipinski definition) is 1. The van der Waals surface area contributed by atoms with Gasteiger partial charge in [0.05, 0.1) is 5.69 Å². The molecule has 112 valence electrons. The first-order chi connectivity index (χ1) is 9.85. The molecule has 0 fully saturated rings. The molecular formula is C14H10F5NO. The van der Waals surface area contributed by atoms with Crippen molar-refractivity contribution in [2.45, 2.75) is 12.9 Å². The van der Waals surface area contributed by atoms with Crippen molar-refractivity contribution in [1.29, 1.82) is 0 Å². The molecule has 0 bridgehead atoms. The lowest BCUT2D eigenvalue weighted by atomic mass is 10.2. The molecule has 0 aliphatic heterocycles. The molecule has 0 saturated carbocycles. The Bertz CT molecular complexity index is 627. The van der Waals surface area contributed by atoms with Gasteiger partial charge in [-0.3, -0.25) is 0 Å². The zero-order chi connectivity index (χ0) is 15.5. The molecule has 0 amide bonds. The lowest BCUT2D eigenvalue weighted by Gasteiger charge is -2.14. The fourth-order valence-corrected chi connectivity index (χ4v) is 1.68. The number of nitrogens with one attached hydrogen (secondary N) is 1. The van der Waals surface area contributed by atoms with E-state index >= 15 is 0 Å². The van der Waals surface area contributed by atoms with E-state index < -0.39 is 23.7 Å². The van der Waals surface area contributed by atoms with Gasteiger partial charge in [0, 0.05) is 18.2 Å². The van der Waals surface area contributed by atoms with Crippen molar-refractivity contribution in [1.82, 2.24) is 0 Å². The minimum Gasteiger partial charge on any atom is -0.404 e. The van der Waals surface area contributed by atoms with Crippen LogP contribution in [0.5, 0.6) is 5.75 Å². The standard InChI is InChI=1S/C14H10F5NO/c15-10-6-5-9(11(16)7-10)8-20-12-3-1-2-4-13(12)21-14(17,18)19/h1-7,20H,8H2. The summed E-state index contributed by atoms with van der Waals surface area (Å²) >= 11 is 0. The van der Waals surface area contributed by atoms with Gasteiger partial charge in [0.25, 0.3) is 0 Å². The van der Waals surface area contributed by atoms with Crippen molar-refractivity contribution in [3.63, 3.8) is 0 Å². The Morgan fingerprint density at radius 2 is 1.71 bits per heavy atom. The maximum absolute atomic E-state index is 13.4. The fourth-order valence-electron chi connectivity index (χ4n) is 1.68.